The summed E-state index contributed by atoms with van der Waals surface area (Å²) in [5.41, 5.74) is 1.24. The Bertz CT molecular complexity index is 1040. The zero-order valence-electron chi connectivity index (χ0n) is 16.5. The standard InChI is InChI=1S/C20H20N2O10/c21-14(27)18-3-1-10(2-4-18)19(16(29)30,20(18,15(22)28)17(31)32)11-6-8(12(23)24)5-9(7-11)13(25)26/h5-7,10H,1-4H2,(H2,21,27)(H2,22,28)(H,23,24)(H,25,26)(H,29,30)(H,31,32). The Kier molecular flexibility index (Phi) is 5.00. The van der Waals surface area contributed by atoms with Gasteiger partial charge in [-0.25, -0.2) is 9.59 Å². The molecule has 0 radical (unpaired) electrons. The van der Waals surface area contributed by atoms with Gasteiger partial charge in [0.1, 0.15) is 5.41 Å². The number of amides is 2. The zero-order chi connectivity index (χ0) is 24.2. The molecule has 1 aromatic carbocycles. The van der Waals surface area contributed by atoms with Crippen LogP contribution in [0.4, 0.5) is 0 Å². The van der Waals surface area contributed by atoms with Gasteiger partial charge >= 0.3 is 23.9 Å². The normalized spacial score (nSPS) is 30.9. The number of carbonyl (C=O) groups excluding carboxylic acids is 2. The van der Waals surface area contributed by atoms with Crippen molar-refractivity contribution in [1.82, 2.24) is 0 Å². The van der Waals surface area contributed by atoms with Gasteiger partial charge < -0.3 is 31.9 Å². The number of carboxylic acids is 4. The highest BCUT2D eigenvalue weighted by Crippen LogP contribution is 2.70. The Balaban J connectivity index is 2.59. The number of nitrogens with two attached hydrogens (primary N) is 2. The van der Waals surface area contributed by atoms with Crippen LogP contribution >= 0.6 is 0 Å². The van der Waals surface area contributed by atoms with Crippen LogP contribution in [0, 0.1) is 16.7 Å². The van der Waals surface area contributed by atoms with Crippen LogP contribution in [0.25, 0.3) is 0 Å². The molecule has 12 nitrogen and oxygen atoms in total. The third kappa shape index (κ3) is 2.43. The number of hydrogen-bond donors (Lipinski definition) is 6. The third-order valence-electron chi connectivity index (χ3n) is 7.14. The summed E-state index contributed by atoms with van der Waals surface area (Å²) in [6.07, 6.45) is -0.502. The molecule has 0 heterocycles. The number of aliphatic carboxylic acids is 2. The second kappa shape index (κ2) is 7.04. The summed E-state index contributed by atoms with van der Waals surface area (Å²) in [6, 6.07) is 2.37. The molecule has 8 N–H and O–H groups in total. The van der Waals surface area contributed by atoms with Crippen LogP contribution in [0.3, 0.4) is 0 Å². The first-order chi connectivity index (χ1) is 14.8. The first-order valence-corrected chi connectivity index (χ1v) is 9.49. The Labute approximate surface area is 179 Å². The zero-order valence-corrected chi connectivity index (χ0v) is 16.5. The summed E-state index contributed by atoms with van der Waals surface area (Å²) in [4.78, 5) is 74.4. The molecule has 0 saturated heterocycles. The molecule has 2 atom stereocenters. The predicted octanol–water partition coefficient (Wildman–Crippen LogP) is -0.363. The topological polar surface area (TPSA) is 235 Å². The molecule has 12 heteroatoms. The van der Waals surface area contributed by atoms with Crippen LogP contribution in [0.2, 0.25) is 0 Å². The van der Waals surface area contributed by atoms with Crippen LogP contribution in [0.5, 0.6) is 0 Å². The van der Waals surface area contributed by atoms with E-state index < -0.39 is 74.5 Å². The summed E-state index contributed by atoms with van der Waals surface area (Å²) in [5, 5.41) is 39.6. The van der Waals surface area contributed by atoms with Gasteiger partial charge in [-0.05, 0) is 55.4 Å². The van der Waals surface area contributed by atoms with Crippen LogP contribution in [0.15, 0.2) is 18.2 Å². The maximum atomic E-state index is 12.9. The van der Waals surface area contributed by atoms with E-state index in [0.29, 0.717) is 0 Å². The summed E-state index contributed by atoms with van der Waals surface area (Å²) in [6.45, 7) is 0. The monoisotopic (exact) mass is 448 g/mol. The number of benzene rings is 1. The average molecular weight is 448 g/mol. The molecule has 2 bridgehead atoms. The van der Waals surface area contributed by atoms with E-state index in [9.17, 15) is 49.2 Å². The number of carboxylic acid groups (broad SMARTS) is 4. The van der Waals surface area contributed by atoms with Crippen molar-refractivity contribution in [1.29, 1.82) is 0 Å². The van der Waals surface area contributed by atoms with Crippen LogP contribution < -0.4 is 11.5 Å². The van der Waals surface area contributed by atoms with E-state index in [4.69, 9.17) is 11.5 Å². The molecular formula is C20H20N2O10. The lowest BCUT2D eigenvalue weighted by molar-refractivity contribution is -0.209. The van der Waals surface area contributed by atoms with E-state index in [1.807, 2.05) is 0 Å². The molecule has 2 unspecified atom stereocenters. The van der Waals surface area contributed by atoms with Gasteiger partial charge in [-0.15, -0.1) is 0 Å². The number of fused-ring (bicyclic) bond motifs is 3. The Morgan fingerprint density at radius 3 is 1.53 bits per heavy atom. The quantitative estimate of drug-likeness (QED) is 0.296. The van der Waals surface area contributed by atoms with Crippen molar-refractivity contribution < 1.29 is 49.2 Å². The van der Waals surface area contributed by atoms with Gasteiger partial charge in [0.2, 0.25) is 11.8 Å². The lowest BCUT2D eigenvalue weighted by Gasteiger charge is -2.63. The SMILES string of the molecule is NC(=O)C12CCC(CC1)C(C(=O)O)(c1cc(C(=O)O)cc(C(=O)O)c1)C2(C(N)=O)C(=O)O. The highest BCUT2D eigenvalue weighted by molar-refractivity contribution is 6.14. The Morgan fingerprint density at radius 1 is 0.750 bits per heavy atom. The highest BCUT2D eigenvalue weighted by atomic mass is 16.4. The molecular weight excluding hydrogens is 428 g/mol. The van der Waals surface area contributed by atoms with Crippen molar-refractivity contribution in [2.45, 2.75) is 31.1 Å². The van der Waals surface area contributed by atoms with Crippen molar-refractivity contribution in [3.8, 4) is 0 Å². The minimum atomic E-state index is -3.09. The van der Waals surface area contributed by atoms with Gasteiger partial charge in [-0.1, -0.05) is 0 Å². The van der Waals surface area contributed by atoms with Gasteiger partial charge in [0.15, 0.2) is 5.41 Å². The van der Waals surface area contributed by atoms with Crippen molar-refractivity contribution >= 4 is 35.7 Å². The van der Waals surface area contributed by atoms with E-state index in [0.717, 1.165) is 18.2 Å². The number of rotatable bonds is 7. The fourth-order valence-corrected chi connectivity index (χ4v) is 5.96. The molecule has 170 valence electrons. The maximum absolute atomic E-state index is 12.9. The molecule has 2 amide bonds. The lowest BCUT2D eigenvalue weighted by Crippen LogP contribution is -2.78. The molecule has 0 spiro atoms. The molecule has 3 aliphatic rings. The molecule has 3 aliphatic carbocycles. The third-order valence-corrected chi connectivity index (χ3v) is 7.14. The largest absolute Gasteiger partial charge is 0.481 e. The van der Waals surface area contributed by atoms with Crippen molar-refractivity contribution in [3.63, 3.8) is 0 Å². The van der Waals surface area contributed by atoms with Crippen molar-refractivity contribution in [2.75, 3.05) is 0 Å². The van der Waals surface area contributed by atoms with Crippen molar-refractivity contribution in [3.05, 3.63) is 34.9 Å². The summed E-state index contributed by atoms with van der Waals surface area (Å²) in [5.74, 6) is -11.0. The molecule has 4 rings (SSSR count). The number of aromatic carboxylic acids is 2. The smallest absolute Gasteiger partial charge is 0.335 e. The van der Waals surface area contributed by atoms with Gasteiger partial charge in [-0.3, -0.25) is 19.2 Å². The average Bonchev–Trinajstić information content (AvgIpc) is 2.72. The molecule has 32 heavy (non-hydrogen) atoms. The Morgan fingerprint density at radius 2 is 1.22 bits per heavy atom. The maximum Gasteiger partial charge on any atom is 0.335 e. The molecule has 1 aromatic rings. The van der Waals surface area contributed by atoms with Gasteiger partial charge in [0.25, 0.3) is 0 Å². The van der Waals surface area contributed by atoms with Gasteiger partial charge in [0, 0.05) is 0 Å². The first kappa shape index (κ1) is 22.7. The molecule has 0 aromatic heterocycles. The van der Waals surface area contributed by atoms with Crippen LogP contribution in [-0.4, -0.2) is 56.1 Å². The second-order valence-electron chi connectivity index (χ2n) is 8.16. The van der Waals surface area contributed by atoms with Gasteiger partial charge in [0.05, 0.1) is 16.5 Å². The minimum Gasteiger partial charge on any atom is -0.481 e. The van der Waals surface area contributed by atoms with Crippen LogP contribution in [-0.2, 0) is 24.6 Å². The van der Waals surface area contributed by atoms with Crippen molar-refractivity contribution in [2.24, 2.45) is 28.2 Å². The number of carbonyl (C=O) groups is 6. The lowest BCUT2D eigenvalue weighted by atomic mass is 9.34. The van der Waals surface area contributed by atoms with Gasteiger partial charge in [-0.2, -0.15) is 0 Å². The van der Waals surface area contributed by atoms with E-state index in [1.54, 1.807) is 0 Å². The van der Waals surface area contributed by atoms with E-state index in [2.05, 4.69) is 0 Å². The summed E-state index contributed by atoms with van der Waals surface area (Å²) < 4.78 is 0. The van der Waals surface area contributed by atoms with Crippen LogP contribution in [0.1, 0.15) is 52.0 Å². The van der Waals surface area contributed by atoms with E-state index >= 15 is 0 Å². The minimum absolute atomic E-state index is 0.0305. The Hall–Kier alpha value is -3.96. The molecule has 0 aliphatic heterocycles. The van der Waals surface area contributed by atoms with E-state index in [-0.39, 0.29) is 25.7 Å². The van der Waals surface area contributed by atoms with E-state index in [1.165, 1.54) is 0 Å². The summed E-state index contributed by atoms with van der Waals surface area (Å²) in [7, 11) is 0. The number of primary amides is 2. The number of hydrogen-bond acceptors (Lipinski definition) is 6. The second-order valence-corrected chi connectivity index (χ2v) is 8.16. The first-order valence-electron chi connectivity index (χ1n) is 9.49. The fourth-order valence-electron chi connectivity index (χ4n) is 5.96. The molecule has 3 fully saturated rings. The fraction of sp³-hybridized carbons (Fsp3) is 0.400. The highest BCUT2D eigenvalue weighted by Gasteiger charge is 2.82. The summed E-state index contributed by atoms with van der Waals surface area (Å²) >= 11 is 0. The predicted molar refractivity (Wildman–Crippen MR) is 103 cm³/mol. The molecule has 3 saturated carbocycles.